The first-order valence-corrected chi connectivity index (χ1v) is 8.06. The number of anilines is 1. The highest BCUT2D eigenvalue weighted by Gasteiger charge is 2.18. The number of fused-ring (bicyclic) bond motifs is 3. The third kappa shape index (κ3) is 2.56. The number of benzene rings is 2. The number of hydrogen-bond acceptors (Lipinski definition) is 2. The average Bonchev–Trinajstić information content (AvgIpc) is 2.91. The van der Waals surface area contributed by atoms with E-state index in [0.717, 1.165) is 25.4 Å². The van der Waals surface area contributed by atoms with Crippen molar-refractivity contribution in [2.24, 2.45) is 5.92 Å². The van der Waals surface area contributed by atoms with Gasteiger partial charge >= 0.3 is 0 Å². The summed E-state index contributed by atoms with van der Waals surface area (Å²) in [4.78, 5) is 0. The SMILES string of the molecule is c1ccc2c(c1)Cc1cc(NCC3CCCNC3)ccc1-2. The Morgan fingerprint density at radius 3 is 2.86 bits per heavy atom. The van der Waals surface area contributed by atoms with Gasteiger partial charge in [-0.05, 0) is 72.7 Å². The summed E-state index contributed by atoms with van der Waals surface area (Å²) in [7, 11) is 0. The van der Waals surface area contributed by atoms with Gasteiger partial charge in [-0.15, -0.1) is 0 Å². The van der Waals surface area contributed by atoms with Crippen molar-refractivity contribution in [1.29, 1.82) is 0 Å². The Hall–Kier alpha value is -1.80. The van der Waals surface area contributed by atoms with E-state index < -0.39 is 0 Å². The van der Waals surface area contributed by atoms with E-state index in [1.165, 1.54) is 47.3 Å². The number of piperidine rings is 1. The summed E-state index contributed by atoms with van der Waals surface area (Å²) in [6.45, 7) is 3.43. The number of nitrogens with one attached hydrogen (secondary N) is 2. The van der Waals surface area contributed by atoms with Crippen molar-refractivity contribution in [3.05, 3.63) is 53.6 Å². The van der Waals surface area contributed by atoms with Crippen molar-refractivity contribution in [3.63, 3.8) is 0 Å². The molecule has 0 amide bonds. The first-order chi connectivity index (χ1) is 10.4. The predicted octanol–water partition coefficient (Wildman–Crippen LogP) is 3.67. The highest BCUT2D eigenvalue weighted by molar-refractivity contribution is 5.78. The van der Waals surface area contributed by atoms with Gasteiger partial charge in [0.05, 0.1) is 0 Å². The molecule has 0 bridgehead atoms. The molecule has 21 heavy (non-hydrogen) atoms. The molecule has 2 heteroatoms. The Morgan fingerprint density at radius 1 is 1.05 bits per heavy atom. The van der Waals surface area contributed by atoms with Crippen molar-refractivity contribution in [1.82, 2.24) is 5.32 Å². The molecule has 4 rings (SSSR count). The lowest BCUT2D eigenvalue weighted by atomic mass is 9.99. The predicted molar refractivity (Wildman–Crippen MR) is 88.8 cm³/mol. The monoisotopic (exact) mass is 278 g/mol. The highest BCUT2D eigenvalue weighted by atomic mass is 14.9. The Morgan fingerprint density at radius 2 is 1.95 bits per heavy atom. The van der Waals surface area contributed by atoms with Gasteiger partial charge < -0.3 is 10.6 Å². The van der Waals surface area contributed by atoms with Crippen molar-refractivity contribution in [3.8, 4) is 11.1 Å². The van der Waals surface area contributed by atoms with Crippen LogP contribution in [0.3, 0.4) is 0 Å². The van der Waals surface area contributed by atoms with Crippen LogP contribution in [0.25, 0.3) is 11.1 Å². The minimum Gasteiger partial charge on any atom is -0.385 e. The topological polar surface area (TPSA) is 24.1 Å². The van der Waals surface area contributed by atoms with Crippen LogP contribution in [0, 0.1) is 5.92 Å². The fourth-order valence-electron chi connectivity index (χ4n) is 3.62. The molecule has 0 radical (unpaired) electrons. The number of rotatable bonds is 3. The minimum absolute atomic E-state index is 0.768. The summed E-state index contributed by atoms with van der Waals surface area (Å²) < 4.78 is 0. The standard InChI is InChI=1S/C19H22N2/c1-2-6-18-15(5-1)10-16-11-17(7-8-19(16)18)21-13-14-4-3-9-20-12-14/h1-2,5-8,11,14,20-21H,3-4,9-10,12-13H2. The molecule has 1 aliphatic carbocycles. The van der Waals surface area contributed by atoms with E-state index in [4.69, 9.17) is 0 Å². The molecule has 0 spiro atoms. The molecule has 1 heterocycles. The zero-order chi connectivity index (χ0) is 14.1. The van der Waals surface area contributed by atoms with Crippen LogP contribution in [0.1, 0.15) is 24.0 Å². The first-order valence-electron chi connectivity index (χ1n) is 8.06. The largest absolute Gasteiger partial charge is 0.385 e. The summed E-state index contributed by atoms with van der Waals surface area (Å²) in [6, 6.07) is 15.6. The zero-order valence-corrected chi connectivity index (χ0v) is 12.4. The maximum atomic E-state index is 3.63. The highest BCUT2D eigenvalue weighted by Crippen LogP contribution is 2.37. The van der Waals surface area contributed by atoms with Crippen LogP contribution in [-0.4, -0.2) is 19.6 Å². The molecular weight excluding hydrogens is 256 g/mol. The van der Waals surface area contributed by atoms with E-state index in [1.54, 1.807) is 0 Å². The Kier molecular flexibility index (Phi) is 3.40. The van der Waals surface area contributed by atoms with Crippen molar-refractivity contribution < 1.29 is 0 Å². The smallest absolute Gasteiger partial charge is 0.0343 e. The lowest BCUT2D eigenvalue weighted by molar-refractivity contribution is 0.393. The van der Waals surface area contributed by atoms with E-state index in [1.807, 2.05) is 0 Å². The molecule has 2 aromatic carbocycles. The minimum atomic E-state index is 0.768. The molecule has 1 fully saturated rings. The molecule has 1 saturated heterocycles. The second-order valence-electron chi connectivity index (χ2n) is 6.30. The van der Waals surface area contributed by atoms with Crippen LogP contribution in [0.5, 0.6) is 0 Å². The molecule has 1 atom stereocenters. The summed E-state index contributed by atoms with van der Waals surface area (Å²) in [5.74, 6) is 0.768. The Bertz CT molecular complexity index is 642. The Balaban J connectivity index is 1.48. The second-order valence-corrected chi connectivity index (χ2v) is 6.30. The number of hydrogen-bond donors (Lipinski definition) is 2. The zero-order valence-electron chi connectivity index (χ0n) is 12.4. The van der Waals surface area contributed by atoms with E-state index >= 15 is 0 Å². The summed E-state index contributed by atoms with van der Waals surface area (Å²) in [5.41, 5.74) is 7.02. The molecule has 108 valence electrons. The van der Waals surface area contributed by atoms with E-state index in [2.05, 4.69) is 53.1 Å². The van der Waals surface area contributed by atoms with E-state index in [0.29, 0.717) is 0 Å². The van der Waals surface area contributed by atoms with Crippen LogP contribution >= 0.6 is 0 Å². The third-order valence-electron chi connectivity index (χ3n) is 4.79. The van der Waals surface area contributed by atoms with E-state index in [-0.39, 0.29) is 0 Å². The molecular formula is C19H22N2. The van der Waals surface area contributed by atoms with Crippen molar-refractivity contribution >= 4 is 5.69 Å². The third-order valence-corrected chi connectivity index (χ3v) is 4.79. The normalized spacial score (nSPS) is 19.9. The molecule has 0 aromatic heterocycles. The maximum absolute atomic E-state index is 3.63. The van der Waals surface area contributed by atoms with Gasteiger partial charge in [-0.25, -0.2) is 0 Å². The van der Waals surface area contributed by atoms with Crippen molar-refractivity contribution in [2.45, 2.75) is 19.3 Å². The fraction of sp³-hybridized carbons (Fsp3) is 0.368. The van der Waals surface area contributed by atoms with Crippen LogP contribution < -0.4 is 10.6 Å². The lowest BCUT2D eigenvalue weighted by Gasteiger charge is -2.23. The first kappa shape index (κ1) is 12.9. The summed E-state index contributed by atoms with van der Waals surface area (Å²) in [5, 5.41) is 7.12. The van der Waals surface area contributed by atoms with Gasteiger partial charge in [-0.3, -0.25) is 0 Å². The fourth-order valence-corrected chi connectivity index (χ4v) is 3.62. The maximum Gasteiger partial charge on any atom is 0.0343 e. The summed E-state index contributed by atoms with van der Waals surface area (Å²) >= 11 is 0. The lowest BCUT2D eigenvalue weighted by Crippen LogP contribution is -2.33. The molecule has 2 nitrogen and oxygen atoms in total. The molecule has 1 unspecified atom stereocenters. The molecule has 1 aliphatic heterocycles. The van der Waals surface area contributed by atoms with Gasteiger partial charge in [-0.1, -0.05) is 30.3 Å². The van der Waals surface area contributed by atoms with Crippen LogP contribution in [-0.2, 0) is 6.42 Å². The Labute approximate surface area is 126 Å². The molecule has 2 aromatic rings. The molecule has 2 N–H and O–H groups in total. The van der Waals surface area contributed by atoms with Crippen molar-refractivity contribution in [2.75, 3.05) is 25.0 Å². The van der Waals surface area contributed by atoms with Gasteiger partial charge in [-0.2, -0.15) is 0 Å². The van der Waals surface area contributed by atoms with Gasteiger partial charge in [0, 0.05) is 12.2 Å². The van der Waals surface area contributed by atoms with Gasteiger partial charge in [0.15, 0.2) is 0 Å². The van der Waals surface area contributed by atoms with Crippen LogP contribution in [0.15, 0.2) is 42.5 Å². The molecule has 2 aliphatic rings. The second kappa shape index (κ2) is 5.53. The average molecular weight is 278 g/mol. The molecule has 0 saturated carbocycles. The summed E-state index contributed by atoms with van der Waals surface area (Å²) in [6.07, 6.45) is 3.73. The van der Waals surface area contributed by atoms with Gasteiger partial charge in [0.25, 0.3) is 0 Å². The van der Waals surface area contributed by atoms with Crippen LogP contribution in [0.4, 0.5) is 5.69 Å². The van der Waals surface area contributed by atoms with Gasteiger partial charge in [0.1, 0.15) is 0 Å². The van der Waals surface area contributed by atoms with E-state index in [9.17, 15) is 0 Å². The quantitative estimate of drug-likeness (QED) is 0.764. The van der Waals surface area contributed by atoms with Gasteiger partial charge in [0.2, 0.25) is 0 Å². The van der Waals surface area contributed by atoms with Crippen LogP contribution in [0.2, 0.25) is 0 Å².